The minimum absolute atomic E-state index is 0. The molecule has 0 aromatic heterocycles. The molecule has 1 saturated carbocycles. The van der Waals surface area contributed by atoms with Gasteiger partial charge in [-0.2, -0.15) is 0 Å². The molecule has 3 atom stereocenters. The van der Waals surface area contributed by atoms with Crippen LogP contribution in [0.2, 0.25) is 0 Å². The zero-order valence-corrected chi connectivity index (χ0v) is 11.4. The van der Waals surface area contributed by atoms with E-state index in [-0.39, 0.29) is 29.6 Å². The molecule has 1 aliphatic carbocycles. The maximum atomic E-state index is 11.9. The van der Waals surface area contributed by atoms with Crippen LogP contribution in [0.15, 0.2) is 0 Å². The first-order chi connectivity index (χ1) is 6.91. The Hall–Kier alpha value is -0.280. The van der Waals surface area contributed by atoms with Crippen molar-refractivity contribution in [2.75, 3.05) is 13.1 Å². The van der Waals surface area contributed by atoms with E-state index in [2.05, 4.69) is 31.4 Å². The van der Waals surface area contributed by atoms with Gasteiger partial charge in [-0.1, -0.05) is 27.7 Å². The molecule has 1 heterocycles. The van der Waals surface area contributed by atoms with Gasteiger partial charge in [0.05, 0.1) is 0 Å². The highest BCUT2D eigenvalue weighted by molar-refractivity contribution is 5.85. The van der Waals surface area contributed by atoms with Crippen LogP contribution in [-0.4, -0.2) is 25.0 Å². The summed E-state index contributed by atoms with van der Waals surface area (Å²) in [5.41, 5.74) is 0.0618. The highest BCUT2D eigenvalue weighted by Gasteiger charge is 2.54. The standard InChI is InChI=1S/C12H22N2O.ClH/c1-7(12(2,3)4)11(15)14-10-8-5-13-6-9(8)10;/h7-10,13H,5-6H2,1-4H3,(H,14,15);1H. The van der Waals surface area contributed by atoms with Gasteiger partial charge in [-0.3, -0.25) is 4.79 Å². The molecule has 0 aromatic rings. The Balaban J connectivity index is 0.00000128. The third kappa shape index (κ3) is 2.51. The molecule has 0 bridgehead atoms. The first-order valence-corrected chi connectivity index (χ1v) is 5.92. The van der Waals surface area contributed by atoms with E-state index in [9.17, 15) is 4.79 Å². The average molecular weight is 247 g/mol. The molecule has 0 aromatic carbocycles. The van der Waals surface area contributed by atoms with Crippen molar-refractivity contribution in [2.24, 2.45) is 23.2 Å². The second-order valence-corrected chi connectivity index (χ2v) is 6.11. The van der Waals surface area contributed by atoms with Crippen LogP contribution in [0.3, 0.4) is 0 Å². The lowest BCUT2D eigenvalue weighted by Gasteiger charge is -2.26. The summed E-state index contributed by atoms with van der Waals surface area (Å²) in [4.78, 5) is 11.9. The summed E-state index contributed by atoms with van der Waals surface area (Å²) in [6.45, 7) is 10.5. The van der Waals surface area contributed by atoms with Crippen molar-refractivity contribution in [1.29, 1.82) is 0 Å². The summed E-state index contributed by atoms with van der Waals surface area (Å²) in [6, 6.07) is 0.462. The van der Waals surface area contributed by atoms with Crippen molar-refractivity contribution in [1.82, 2.24) is 10.6 Å². The van der Waals surface area contributed by atoms with E-state index in [1.165, 1.54) is 0 Å². The van der Waals surface area contributed by atoms with Crippen LogP contribution < -0.4 is 10.6 Å². The predicted octanol–water partition coefficient (Wildman–Crippen LogP) is 1.42. The van der Waals surface area contributed by atoms with Crippen LogP contribution in [0.1, 0.15) is 27.7 Å². The largest absolute Gasteiger partial charge is 0.352 e. The number of carbonyl (C=O) groups is 1. The second kappa shape index (κ2) is 4.53. The Labute approximate surface area is 104 Å². The van der Waals surface area contributed by atoms with Crippen molar-refractivity contribution in [3.05, 3.63) is 0 Å². The van der Waals surface area contributed by atoms with E-state index in [4.69, 9.17) is 0 Å². The molecule has 2 rings (SSSR count). The minimum atomic E-state index is 0. The van der Waals surface area contributed by atoms with Crippen molar-refractivity contribution >= 4 is 18.3 Å². The topological polar surface area (TPSA) is 41.1 Å². The van der Waals surface area contributed by atoms with Gasteiger partial charge in [0, 0.05) is 25.0 Å². The summed E-state index contributed by atoms with van der Waals surface area (Å²) in [6.07, 6.45) is 0. The van der Waals surface area contributed by atoms with Gasteiger partial charge in [-0.05, 0) is 17.3 Å². The zero-order chi connectivity index (χ0) is 11.2. The van der Waals surface area contributed by atoms with Crippen molar-refractivity contribution in [2.45, 2.75) is 33.7 Å². The van der Waals surface area contributed by atoms with Gasteiger partial charge in [0.1, 0.15) is 0 Å². The van der Waals surface area contributed by atoms with Crippen LogP contribution in [0.5, 0.6) is 0 Å². The Bertz CT molecular complexity index is 265. The Kier molecular flexibility index (Phi) is 3.91. The van der Waals surface area contributed by atoms with Crippen LogP contribution in [0, 0.1) is 23.2 Å². The number of piperidine rings is 1. The maximum Gasteiger partial charge on any atom is 0.223 e. The molecule has 3 unspecified atom stereocenters. The maximum absolute atomic E-state index is 11.9. The molecule has 4 heteroatoms. The van der Waals surface area contributed by atoms with Gasteiger partial charge < -0.3 is 10.6 Å². The summed E-state index contributed by atoms with van der Waals surface area (Å²) >= 11 is 0. The van der Waals surface area contributed by atoms with E-state index in [1.807, 2.05) is 6.92 Å². The molecular formula is C12H23ClN2O. The van der Waals surface area contributed by atoms with E-state index in [0.29, 0.717) is 17.9 Å². The second-order valence-electron chi connectivity index (χ2n) is 6.11. The molecule has 1 aliphatic heterocycles. The van der Waals surface area contributed by atoms with Gasteiger partial charge in [0.25, 0.3) is 0 Å². The van der Waals surface area contributed by atoms with Gasteiger partial charge in [0.2, 0.25) is 5.91 Å². The van der Waals surface area contributed by atoms with Crippen molar-refractivity contribution in [3.8, 4) is 0 Å². The summed E-state index contributed by atoms with van der Waals surface area (Å²) in [7, 11) is 0. The Morgan fingerprint density at radius 2 is 1.81 bits per heavy atom. The zero-order valence-electron chi connectivity index (χ0n) is 10.5. The summed E-state index contributed by atoms with van der Waals surface area (Å²) in [5, 5.41) is 6.52. The molecule has 3 nitrogen and oxygen atoms in total. The van der Waals surface area contributed by atoms with E-state index in [0.717, 1.165) is 13.1 Å². The van der Waals surface area contributed by atoms with Crippen LogP contribution in [0.4, 0.5) is 0 Å². The van der Waals surface area contributed by atoms with E-state index in [1.54, 1.807) is 0 Å². The third-order valence-corrected chi connectivity index (χ3v) is 4.09. The predicted molar refractivity (Wildman–Crippen MR) is 67.6 cm³/mol. The highest BCUT2D eigenvalue weighted by atomic mass is 35.5. The summed E-state index contributed by atoms with van der Waals surface area (Å²) in [5.74, 6) is 1.73. The normalized spacial score (nSPS) is 33.6. The number of hydrogen-bond acceptors (Lipinski definition) is 2. The van der Waals surface area contributed by atoms with Crippen molar-refractivity contribution in [3.63, 3.8) is 0 Å². The first-order valence-electron chi connectivity index (χ1n) is 5.92. The van der Waals surface area contributed by atoms with E-state index < -0.39 is 0 Å². The lowest BCUT2D eigenvalue weighted by atomic mass is 9.81. The number of carbonyl (C=O) groups excluding carboxylic acids is 1. The number of fused-ring (bicyclic) bond motifs is 1. The Morgan fingerprint density at radius 1 is 1.31 bits per heavy atom. The number of amides is 1. The van der Waals surface area contributed by atoms with Gasteiger partial charge >= 0.3 is 0 Å². The monoisotopic (exact) mass is 246 g/mol. The lowest BCUT2D eigenvalue weighted by molar-refractivity contribution is -0.127. The minimum Gasteiger partial charge on any atom is -0.352 e. The fraction of sp³-hybridized carbons (Fsp3) is 0.917. The average Bonchev–Trinajstić information content (AvgIpc) is 2.62. The molecule has 0 spiro atoms. The molecule has 1 amide bonds. The van der Waals surface area contributed by atoms with Crippen molar-refractivity contribution < 1.29 is 4.79 Å². The first kappa shape index (κ1) is 13.8. The third-order valence-electron chi connectivity index (χ3n) is 4.09. The molecule has 1 saturated heterocycles. The van der Waals surface area contributed by atoms with Gasteiger partial charge in [-0.25, -0.2) is 0 Å². The number of hydrogen-bond donors (Lipinski definition) is 2. The molecule has 2 N–H and O–H groups in total. The molecule has 2 aliphatic rings. The number of halogens is 1. The molecule has 0 radical (unpaired) electrons. The van der Waals surface area contributed by atoms with Crippen LogP contribution >= 0.6 is 12.4 Å². The smallest absolute Gasteiger partial charge is 0.223 e. The molecule has 2 fully saturated rings. The molecule has 94 valence electrons. The number of rotatable bonds is 2. The SMILES string of the molecule is CC(C(=O)NC1C2CNCC21)C(C)(C)C.Cl. The molecule has 16 heavy (non-hydrogen) atoms. The van der Waals surface area contributed by atoms with Gasteiger partial charge in [-0.15, -0.1) is 12.4 Å². The summed E-state index contributed by atoms with van der Waals surface area (Å²) < 4.78 is 0. The lowest BCUT2D eigenvalue weighted by Crippen LogP contribution is -2.40. The highest BCUT2D eigenvalue weighted by Crippen LogP contribution is 2.42. The number of nitrogens with one attached hydrogen (secondary N) is 2. The Morgan fingerprint density at radius 3 is 2.25 bits per heavy atom. The fourth-order valence-corrected chi connectivity index (χ4v) is 2.31. The fourth-order valence-electron chi connectivity index (χ4n) is 2.31. The quantitative estimate of drug-likeness (QED) is 0.774. The van der Waals surface area contributed by atoms with E-state index >= 15 is 0 Å². The van der Waals surface area contributed by atoms with Crippen LogP contribution in [-0.2, 0) is 4.79 Å². The van der Waals surface area contributed by atoms with Crippen LogP contribution in [0.25, 0.3) is 0 Å². The molecular weight excluding hydrogens is 224 g/mol. The van der Waals surface area contributed by atoms with Gasteiger partial charge in [0.15, 0.2) is 0 Å².